The first-order chi connectivity index (χ1) is 10.7. The Morgan fingerprint density at radius 2 is 2.23 bits per heavy atom. The first-order valence-corrected chi connectivity index (χ1v) is 7.85. The Labute approximate surface area is 128 Å². The fourth-order valence-corrected chi connectivity index (χ4v) is 3.94. The van der Waals surface area contributed by atoms with Crippen LogP contribution in [0.15, 0.2) is 18.3 Å². The van der Waals surface area contributed by atoms with E-state index < -0.39 is 0 Å². The van der Waals surface area contributed by atoms with Crippen LogP contribution in [0.3, 0.4) is 0 Å². The van der Waals surface area contributed by atoms with Crippen LogP contribution in [0.1, 0.15) is 24.4 Å². The summed E-state index contributed by atoms with van der Waals surface area (Å²) in [6.45, 7) is 5.16. The van der Waals surface area contributed by atoms with E-state index in [2.05, 4.69) is 37.1 Å². The molecular weight excluding hydrogens is 276 g/mol. The van der Waals surface area contributed by atoms with Gasteiger partial charge in [-0.05, 0) is 38.4 Å². The highest BCUT2D eigenvalue weighted by molar-refractivity contribution is 5.77. The Bertz CT molecular complexity index is 868. The van der Waals surface area contributed by atoms with Crippen molar-refractivity contribution >= 4 is 11.2 Å². The van der Waals surface area contributed by atoms with Crippen molar-refractivity contribution in [3.63, 3.8) is 0 Å². The number of rotatable bonds is 1. The lowest BCUT2D eigenvalue weighted by Gasteiger charge is -2.20. The zero-order valence-electron chi connectivity index (χ0n) is 12.6. The maximum atomic E-state index is 4.81. The average molecular weight is 294 g/mol. The lowest BCUT2D eigenvalue weighted by molar-refractivity contribution is 0.467. The van der Waals surface area contributed by atoms with Gasteiger partial charge >= 0.3 is 0 Å². The highest BCUT2D eigenvalue weighted by Gasteiger charge is 2.42. The van der Waals surface area contributed by atoms with E-state index in [1.165, 1.54) is 18.5 Å². The standard InChI is InChI=1S/C16H18N6/c1-10-19-13-6-11(8-18-15(13)20-10)12-7-14-16(2-4-17-9-16)3-5-22(14)21-12/h6-8,17H,2-5,9H2,1H3,(H,18,19,20). The van der Waals surface area contributed by atoms with Gasteiger partial charge in [-0.15, -0.1) is 0 Å². The molecular formula is C16H18N6. The van der Waals surface area contributed by atoms with Crippen molar-refractivity contribution in [1.29, 1.82) is 0 Å². The van der Waals surface area contributed by atoms with Crippen molar-refractivity contribution < 1.29 is 0 Å². The Morgan fingerprint density at radius 1 is 1.27 bits per heavy atom. The van der Waals surface area contributed by atoms with Gasteiger partial charge in [0.05, 0.1) is 11.2 Å². The zero-order chi connectivity index (χ0) is 14.7. The summed E-state index contributed by atoms with van der Waals surface area (Å²) in [7, 11) is 0. The van der Waals surface area contributed by atoms with Gasteiger partial charge in [0.2, 0.25) is 0 Å². The third-order valence-electron chi connectivity index (χ3n) is 5.12. The lowest BCUT2D eigenvalue weighted by Crippen LogP contribution is -2.25. The molecule has 2 N–H and O–H groups in total. The number of aryl methyl sites for hydroxylation is 2. The van der Waals surface area contributed by atoms with Crippen LogP contribution in [0, 0.1) is 6.92 Å². The summed E-state index contributed by atoms with van der Waals surface area (Å²) in [4.78, 5) is 12.0. The third kappa shape index (κ3) is 1.61. The number of aromatic amines is 1. The predicted molar refractivity (Wildman–Crippen MR) is 83.6 cm³/mol. The number of hydrogen-bond donors (Lipinski definition) is 2. The Morgan fingerprint density at radius 3 is 3.09 bits per heavy atom. The summed E-state index contributed by atoms with van der Waals surface area (Å²) in [6, 6.07) is 4.35. The number of fused-ring (bicyclic) bond motifs is 3. The summed E-state index contributed by atoms with van der Waals surface area (Å²) in [5.74, 6) is 0.892. The molecule has 0 saturated carbocycles. The van der Waals surface area contributed by atoms with Gasteiger partial charge in [0.25, 0.3) is 0 Å². The molecule has 1 unspecified atom stereocenters. The molecule has 0 aliphatic carbocycles. The van der Waals surface area contributed by atoms with E-state index in [-0.39, 0.29) is 0 Å². The Hall–Kier alpha value is -2.21. The molecule has 0 radical (unpaired) electrons. The second kappa shape index (κ2) is 4.16. The normalized spacial score (nSPS) is 23.7. The number of imidazole rings is 1. The highest BCUT2D eigenvalue weighted by atomic mass is 15.3. The monoisotopic (exact) mass is 294 g/mol. The Balaban J connectivity index is 1.60. The van der Waals surface area contributed by atoms with Crippen molar-refractivity contribution in [2.45, 2.75) is 31.7 Å². The van der Waals surface area contributed by atoms with Crippen molar-refractivity contribution in [2.75, 3.05) is 13.1 Å². The number of H-pyrrole nitrogens is 1. The molecule has 2 aliphatic heterocycles. The van der Waals surface area contributed by atoms with Gasteiger partial charge in [-0.1, -0.05) is 0 Å². The molecule has 3 aromatic heterocycles. The second-order valence-electron chi connectivity index (χ2n) is 6.51. The van der Waals surface area contributed by atoms with Gasteiger partial charge in [-0.2, -0.15) is 5.10 Å². The quantitative estimate of drug-likeness (QED) is 0.717. The van der Waals surface area contributed by atoms with Gasteiger partial charge in [0, 0.05) is 36.0 Å². The maximum Gasteiger partial charge on any atom is 0.177 e. The van der Waals surface area contributed by atoms with E-state index in [0.717, 1.165) is 47.9 Å². The van der Waals surface area contributed by atoms with Crippen molar-refractivity contribution in [3.05, 3.63) is 29.8 Å². The van der Waals surface area contributed by atoms with Crippen LogP contribution in [0.4, 0.5) is 0 Å². The number of pyridine rings is 1. The summed E-state index contributed by atoms with van der Waals surface area (Å²) in [6.07, 6.45) is 4.30. The number of aromatic nitrogens is 5. The molecule has 3 aromatic rings. The molecule has 0 aromatic carbocycles. The number of hydrogen-bond acceptors (Lipinski definition) is 4. The maximum absolute atomic E-state index is 4.81. The van der Waals surface area contributed by atoms with Crippen LogP contribution in [-0.2, 0) is 12.0 Å². The minimum Gasteiger partial charge on any atom is -0.341 e. The Kier molecular flexibility index (Phi) is 2.34. The van der Waals surface area contributed by atoms with E-state index in [9.17, 15) is 0 Å². The van der Waals surface area contributed by atoms with Gasteiger partial charge in [-0.3, -0.25) is 4.68 Å². The highest BCUT2D eigenvalue weighted by Crippen LogP contribution is 2.41. The molecule has 1 spiro atoms. The van der Waals surface area contributed by atoms with E-state index in [1.54, 1.807) is 0 Å². The molecule has 22 heavy (non-hydrogen) atoms. The largest absolute Gasteiger partial charge is 0.341 e. The van der Waals surface area contributed by atoms with Crippen molar-refractivity contribution in [1.82, 2.24) is 30.0 Å². The molecule has 0 bridgehead atoms. The van der Waals surface area contributed by atoms with Crippen LogP contribution < -0.4 is 5.32 Å². The average Bonchev–Trinajstić information content (AvgIpc) is 3.25. The predicted octanol–water partition coefficient (Wildman–Crippen LogP) is 1.76. The fraction of sp³-hybridized carbons (Fsp3) is 0.438. The third-order valence-corrected chi connectivity index (χ3v) is 5.12. The van der Waals surface area contributed by atoms with E-state index >= 15 is 0 Å². The second-order valence-corrected chi connectivity index (χ2v) is 6.51. The molecule has 6 nitrogen and oxygen atoms in total. The lowest BCUT2D eigenvalue weighted by atomic mass is 9.82. The topological polar surface area (TPSA) is 71.4 Å². The van der Waals surface area contributed by atoms with Crippen molar-refractivity contribution in [3.8, 4) is 11.3 Å². The first-order valence-electron chi connectivity index (χ1n) is 7.85. The minimum absolute atomic E-state index is 0.299. The van der Waals surface area contributed by atoms with Crippen LogP contribution in [0.25, 0.3) is 22.4 Å². The minimum atomic E-state index is 0.299. The SMILES string of the molecule is Cc1nc2ncc(-c3cc4n(n3)CCC43CCNC3)cc2[nH]1. The van der Waals surface area contributed by atoms with Gasteiger partial charge in [0.15, 0.2) is 5.65 Å². The van der Waals surface area contributed by atoms with Crippen molar-refractivity contribution in [2.24, 2.45) is 0 Å². The van der Waals surface area contributed by atoms with E-state index in [4.69, 9.17) is 5.10 Å². The molecule has 2 aliphatic rings. The van der Waals surface area contributed by atoms with Crippen LogP contribution in [-0.4, -0.2) is 37.8 Å². The van der Waals surface area contributed by atoms with E-state index in [0.29, 0.717) is 5.41 Å². The molecule has 6 heteroatoms. The number of nitrogens with one attached hydrogen (secondary N) is 2. The molecule has 0 amide bonds. The molecule has 1 atom stereocenters. The van der Waals surface area contributed by atoms with E-state index in [1.807, 2.05) is 13.1 Å². The van der Waals surface area contributed by atoms with Crippen LogP contribution >= 0.6 is 0 Å². The molecule has 112 valence electrons. The van der Waals surface area contributed by atoms with Crippen LogP contribution in [0.5, 0.6) is 0 Å². The first kappa shape index (κ1) is 12.3. The summed E-state index contributed by atoms with van der Waals surface area (Å²) in [5.41, 5.74) is 5.49. The summed E-state index contributed by atoms with van der Waals surface area (Å²) >= 11 is 0. The molecule has 5 rings (SSSR count). The van der Waals surface area contributed by atoms with Gasteiger partial charge < -0.3 is 10.3 Å². The fourth-order valence-electron chi connectivity index (χ4n) is 3.94. The molecule has 1 fully saturated rings. The summed E-state index contributed by atoms with van der Waals surface area (Å²) in [5, 5.41) is 8.31. The zero-order valence-corrected chi connectivity index (χ0v) is 12.6. The number of nitrogens with zero attached hydrogens (tertiary/aromatic N) is 4. The van der Waals surface area contributed by atoms with Crippen LogP contribution in [0.2, 0.25) is 0 Å². The smallest absolute Gasteiger partial charge is 0.177 e. The molecule has 5 heterocycles. The van der Waals surface area contributed by atoms with Gasteiger partial charge in [0.1, 0.15) is 5.82 Å². The summed E-state index contributed by atoms with van der Waals surface area (Å²) < 4.78 is 2.19. The van der Waals surface area contributed by atoms with Gasteiger partial charge in [-0.25, -0.2) is 9.97 Å². The molecule has 1 saturated heterocycles.